The highest BCUT2D eigenvalue weighted by atomic mass is 79.9. The summed E-state index contributed by atoms with van der Waals surface area (Å²) in [6.07, 6.45) is 1.20. The zero-order valence-corrected chi connectivity index (χ0v) is 9.84. The predicted molar refractivity (Wildman–Crippen MR) is 60.9 cm³/mol. The molecule has 0 saturated carbocycles. The highest BCUT2D eigenvalue weighted by Crippen LogP contribution is 2.21. The molecule has 0 spiro atoms. The van der Waals surface area contributed by atoms with Crippen LogP contribution in [0.15, 0.2) is 35.3 Å². The molecule has 0 radical (unpaired) electrons. The fourth-order valence-corrected chi connectivity index (χ4v) is 1.53. The maximum absolute atomic E-state index is 12.9. The van der Waals surface area contributed by atoms with Gasteiger partial charge in [0, 0.05) is 0 Å². The maximum atomic E-state index is 12.9. The van der Waals surface area contributed by atoms with Gasteiger partial charge < -0.3 is 5.32 Å². The first-order valence-electron chi connectivity index (χ1n) is 4.42. The lowest BCUT2D eigenvalue weighted by atomic mass is 10.1. The molecule has 0 saturated heterocycles. The van der Waals surface area contributed by atoms with Crippen LogP contribution in [0.2, 0.25) is 0 Å². The monoisotopic (exact) mass is 271 g/mol. The maximum Gasteiger partial charge on any atom is 0.243 e. The van der Waals surface area contributed by atoms with Gasteiger partial charge >= 0.3 is 0 Å². The largest absolute Gasteiger partial charge is 0.346 e. The minimum Gasteiger partial charge on any atom is -0.346 e. The van der Waals surface area contributed by atoms with Gasteiger partial charge in [0.05, 0.1) is 10.5 Å². The first-order valence-corrected chi connectivity index (χ1v) is 5.21. The van der Waals surface area contributed by atoms with Gasteiger partial charge in [-0.1, -0.05) is 12.6 Å². The number of benzene rings is 1. The van der Waals surface area contributed by atoms with Crippen LogP contribution in [0.25, 0.3) is 0 Å². The van der Waals surface area contributed by atoms with Crippen molar-refractivity contribution in [3.05, 3.63) is 46.7 Å². The van der Waals surface area contributed by atoms with Gasteiger partial charge in [-0.25, -0.2) is 4.39 Å². The summed E-state index contributed by atoms with van der Waals surface area (Å²) < 4.78 is 13.3. The van der Waals surface area contributed by atoms with Crippen LogP contribution in [-0.2, 0) is 4.79 Å². The van der Waals surface area contributed by atoms with E-state index in [1.54, 1.807) is 12.1 Å². The first-order chi connectivity index (χ1) is 7.04. The van der Waals surface area contributed by atoms with Crippen LogP contribution in [0.3, 0.4) is 0 Å². The average molecular weight is 272 g/mol. The minimum absolute atomic E-state index is 0.174. The van der Waals surface area contributed by atoms with Crippen molar-refractivity contribution in [1.29, 1.82) is 0 Å². The van der Waals surface area contributed by atoms with Gasteiger partial charge in [-0.2, -0.15) is 0 Å². The third kappa shape index (κ3) is 3.16. The number of halogens is 2. The van der Waals surface area contributed by atoms with Crippen molar-refractivity contribution in [2.75, 3.05) is 0 Å². The SMILES string of the molecule is C=CC(=O)N[C@H](C)c1ccc(F)c(Br)c1. The summed E-state index contributed by atoms with van der Waals surface area (Å²) in [5.41, 5.74) is 0.832. The van der Waals surface area contributed by atoms with Crippen molar-refractivity contribution in [2.24, 2.45) is 0 Å². The number of carbonyl (C=O) groups is 1. The van der Waals surface area contributed by atoms with Gasteiger partial charge in [0.1, 0.15) is 5.82 Å². The fourth-order valence-electron chi connectivity index (χ4n) is 1.14. The van der Waals surface area contributed by atoms with E-state index >= 15 is 0 Å². The Kier molecular flexibility index (Phi) is 4.03. The summed E-state index contributed by atoms with van der Waals surface area (Å²) in [4.78, 5) is 11.0. The lowest BCUT2D eigenvalue weighted by Crippen LogP contribution is -2.24. The van der Waals surface area contributed by atoms with E-state index in [4.69, 9.17) is 0 Å². The van der Waals surface area contributed by atoms with Gasteiger partial charge in [0.25, 0.3) is 0 Å². The van der Waals surface area contributed by atoms with E-state index in [1.165, 1.54) is 12.1 Å². The number of hydrogen-bond donors (Lipinski definition) is 1. The molecule has 1 aromatic rings. The van der Waals surface area contributed by atoms with E-state index in [0.29, 0.717) is 4.47 Å². The topological polar surface area (TPSA) is 29.1 Å². The normalized spacial score (nSPS) is 11.9. The van der Waals surface area contributed by atoms with E-state index in [1.807, 2.05) is 6.92 Å². The van der Waals surface area contributed by atoms with Crippen LogP contribution < -0.4 is 5.32 Å². The molecular weight excluding hydrogens is 261 g/mol. The molecule has 0 unspecified atom stereocenters. The molecule has 0 heterocycles. The standard InChI is InChI=1S/C11H11BrFNO/c1-3-11(15)14-7(2)8-4-5-10(13)9(12)6-8/h3-7H,1H2,2H3,(H,14,15)/t7-/m1/s1. The van der Waals surface area contributed by atoms with Crippen LogP contribution in [0.5, 0.6) is 0 Å². The molecule has 1 rings (SSSR count). The molecule has 0 aliphatic carbocycles. The van der Waals surface area contributed by atoms with E-state index in [9.17, 15) is 9.18 Å². The fraction of sp³-hybridized carbons (Fsp3) is 0.182. The van der Waals surface area contributed by atoms with Crippen LogP contribution in [0.4, 0.5) is 4.39 Å². The predicted octanol–water partition coefficient (Wildman–Crippen LogP) is 2.95. The molecule has 0 aliphatic rings. The second-order valence-electron chi connectivity index (χ2n) is 3.11. The molecule has 0 aromatic heterocycles. The average Bonchev–Trinajstić information content (AvgIpc) is 2.21. The van der Waals surface area contributed by atoms with Gasteiger partial charge in [-0.3, -0.25) is 4.79 Å². The van der Waals surface area contributed by atoms with Gasteiger partial charge in [-0.15, -0.1) is 0 Å². The molecule has 15 heavy (non-hydrogen) atoms. The van der Waals surface area contributed by atoms with Gasteiger partial charge in [0.2, 0.25) is 5.91 Å². The quantitative estimate of drug-likeness (QED) is 0.842. The summed E-state index contributed by atoms with van der Waals surface area (Å²) in [6, 6.07) is 4.46. The summed E-state index contributed by atoms with van der Waals surface area (Å²) in [7, 11) is 0. The third-order valence-electron chi connectivity index (χ3n) is 1.99. The van der Waals surface area contributed by atoms with Crippen LogP contribution >= 0.6 is 15.9 Å². The molecule has 1 N–H and O–H groups in total. The van der Waals surface area contributed by atoms with Crippen molar-refractivity contribution in [3.8, 4) is 0 Å². The van der Waals surface area contributed by atoms with Crippen molar-refractivity contribution in [1.82, 2.24) is 5.32 Å². The number of rotatable bonds is 3. The van der Waals surface area contributed by atoms with Crippen LogP contribution in [0.1, 0.15) is 18.5 Å². The first kappa shape index (κ1) is 11.9. The van der Waals surface area contributed by atoms with E-state index in [0.717, 1.165) is 5.56 Å². The van der Waals surface area contributed by atoms with Crippen molar-refractivity contribution in [2.45, 2.75) is 13.0 Å². The minimum atomic E-state index is -0.319. The van der Waals surface area contributed by atoms with Crippen molar-refractivity contribution < 1.29 is 9.18 Å². The molecule has 1 atom stereocenters. The molecule has 0 fully saturated rings. The lowest BCUT2D eigenvalue weighted by molar-refractivity contribution is -0.117. The number of carbonyl (C=O) groups excluding carboxylic acids is 1. The molecule has 1 amide bonds. The Morgan fingerprint density at radius 1 is 1.67 bits per heavy atom. The third-order valence-corrected chi connectivity index (χ3v) is 2.60. The van der Waals surface area contributed by atoms with Gasteiger partial charge in [-0.05, 0) is 46.6 Å². The van der Waals surface area contributed by atoms with Crippen LogP contribution in [-0.4, -0.2) is 5.91 Å². The van der Waals surface area contributed by atoms with E-state index in [2.05, 4.69) is 27.8 Å². The lowest BCUT2D eigenvalue weighted by Gasteiger charge is -2.13. The Morgan fingerprint density at radius 2 is 2.33 bits per heavy atom. The Morgan fingerprint density at radius 3 is 2.87 bits per heavy atom. The molecule has 0 aliphatic heterocycles. The van der Waals surface area contributed by atoms with Crippen molar-refractivity contribution in [3.63, 3.8) is 0 Å². The van der Waals surface area contributed by atoms with Crippen LogP contribution in [0, 0.1) is 5.82 Å². The summed E-state index contributed by atoms with van der Waals surface area (Å²) in [5, 5.41) is 2.69. The Bertz CT molecular complexity index is 392. The van der Waals surface area contributed by atoms with Gasteiger partial charge in [0.15, 0.2) is 0 Å². The van der Waals surface area contributed by atoms with E-state index < -0.39 is 0 Å². The molecule has 0 bridgehead atoms. The van der Waals surface area contributed by atoms with Crippen molar-refractivity contribution >= 4 is 21.8 Å². The summed E-state index contributed by atoms with van der Waals surface area (Å²) >= 11 is 3.09. The Labute approximate surface area is 96.3 Å². The van der Waals surface area contributed by atoms with E-state index in [-0.39, 0.29) is 17.8 Å². The zero-order valence-electron chi connectivity index (χ0n) is 8.26. The molecular formula is C11H11BrFNO. The number of hydrogen-bond acceptors (Lipinski definition) is 1. The Hall–Kier alpha value is -1.16. The summed E-state index contributed by atoms with van der Waals surface area (Å²) in [6.45, 7) is 5.18. The molecule has 2 nitrogen and oxygen atoms in total. The molecule has 4 heteroatoms. The number of amides is 1. The smallest absolute Gasteiger partial charge is 0.243 e. The second kappa shape index (κ2) is 5.07. The second-order valence-corrected chi connectivity index (χ2v) is 3.96. The molecule has 80 valence electrons. The Balaban J connectivity index is 2.82. The highest BCUT2D eigenvalue weighted by Gasteiger charge is 2.09. The molecule has 1 aromatic carbocycles. The highest BCUT2D eigenvalue weighted by molar-refractivity contribution is 9.10. The summed E-state index contributed by atoms with van der Waals surface area (Å²) in [5.74, 6) is -0.566. The number of nitrogens with one attached hydrogen (secondary N) is 1. The zero-order chi connectivity index (χ0) is 11.4.